The van der Waals surface area contributed by atoms with Crippen molar-refractivity contribution in [1.82, 2.24) is 14.6 Å². The van der Waals surface area contributed by atoms with Crippen LogP contribution in [0.25, 0.3) is 5.52 Å². The fraction of sp³-hybridized carbons (Fsp3) is 0.500. The van der Waals surface area contributed by atoms with Crippen LogP contribution < -0.4 is 5.32 Å². The second kappa shape index (κ2) is 3.47. The summed E-state index contributed by atoms with van der Waals surface area (Å²) in [5.41, 5.74) is 2.09. The van der Waals surface area contributed by atoms with Crippen LogP contribution in [-0.4, -0.2) is 20.6 Å². The highest BCUT2D eigenvalue weighted by Crippen LogP contribution is 2.34. The van der Waals surface area contributed by atoms with E-state index in [0.29, 0.717) is 6.04 Å². The first-order valence-corrected chi connectivity index (χ1v) is 5.81. The predicted octanol–water partition coefficient (Wildman–Crippen LogP) is 2.25. The quantitative estimate of drug-likeness (QED) is 0.855. The molecular weight excluding hydrogens is 200 g/mol. The van der Waals surface area contributed by atoms with Gasteiger partial charge in [0.05, 0.1) is 5.69 Å². The van der Waals surface area contributed by atoms with E-state index in [1.54, 1.807) is 6.20 Å². The fourth-order valence-electron chi connectivity index (χ4n) is 2.09. The van der Waals surface area contributed by atoms with Crippen molar-refractivity contribution in [3.63, 3.8) is 0 Å². The zero-order valence-corrected chi connectivity index (χ0v) is 9.64. The molecule has 1 atom stereocenters. The Hall–Kier alpha value is -1.58. The fourth-order valence-corrected chi connectivity index (χ4v) is 2.09. The van der Waals surface area contributed by atoms with E-state index in [1.165, 1.54) is 12.8 Å². The Labute approximate surface area is 94.7 Å². The molecule has 1 fully saturated rings. The Kier molecular flexibility index (Phi) is 2.09. The number of aromatic nitrogens is 3. The lowest BCUT2D eigenvalue weighted by Gasteiger charge is -2.13. The van der Waals surface area contributed by atoms with Gasteiger partial charge in [0.25, 0.3) is 0 Å². The minimum atomic E-state index is 0.508. The van der Waals surface area contributed by atoms with Crippen LogP contribution in [0.3, 0.4) is 0 Å². The molecule has 3 rings (SSSR count). The van der Waals surface area contributed by atoms with E-state index in [-0.39, 0.29) is 0 Å². The lowest BCUT2D eigenvalue weighted by molar-refractivity contribution is 0.690. The lowest BCUT2D eigenvalue weighted by Crippen LogP contribution is -2.18. The molecule has 1 saturated carbocycles. The molecule has 16 heavy (non-hydrogen) atoms. The van der Waals surface area contributed by atoms with E-state index in [9.17, 15) is 0 Å². The normalized spacial score (nSPS) is 17.6. The average molecular weight is 216 g/mol. The molecule has 0 aromatic carbocycles. The summed E-state index contributed by atoms with van der Waals surface area (Å²) in [5.74, 6) is 1.77. The Bertz CT molecular complexity index is 513. The summed E-state index contributed by atoms with van der Waals surface area (Å²) in [7, 11) is 0. The van der Waals surface area contributed by atoms with Crippen LogP contribution in [0.4, 0.5) is 5.82 Å². The van der Waals surface area contributed by atoms with Gasteiger partial charge in [-0.1, -0.05) is 0 Å². The number of rotatable bonds is 3. The lowest BCUT2D eigenvalue weighted by atomic mass is 10.2. The van der Waals surface area contributed by atoms with Gasteiger partial charge in [-0.3, -0.25) is 0 Å². The molecule has 0 saturated heterocycles. The number of hydrogen-bond donors (Lipinski definition) is 1. The van der Waals surface area contributed by atoms with Gasteiger partial charge >= 0.3 is 0 Å². The molecule has 0 aliphatic heterocycles. The highest BCUT2D eigenvalue weighted by molar-refractivity contribution is 5.68. The maximum atomic E-state index is 4.40. The SMILES string of the molecule is Cc1cc2c(NC(C)C3CC3)nccn2n1. The zero-order chi connectivity index (χ0) is 11.1. The van der Waals surface area contributed by atoms with Crippen LogP contribution in [0.2, 0.25) is 0 Å². The van der Waals surface area contributed by atoms with E-state index >= 15 is 0 Å². The van der Waals surface area contributed by atoms with Gasteiger partial charge < -0.3 is 5.32 Å². The van der Waals surface area contributed by atoms with Crippen LogP contribution in [0.1, 0.15) is 25.5 Å². The maximum Gasteiger partial charge on any atom is 0.152 e. The van der Waals surface area contributed by atoms with Crippen molar-refractivity contribution in [2.24, 2.45) is 5.92 Å². The zero-order valence-electron chi connectivity index (χ0n) is 9.64. The highest BCUT2D eigenvalue weighted by Gasteiger charge is 2.28. The number of nitrogens with zero attached hydrogens (tertiary/aromatic N) is 3. The summed E-state index contributed by atoms with van der Waals surface area (Å²) in [6, 6.07) is 2.57. The first-order chi connectivity index (χ1) is 7.74. The molecule has 4 nitrogen and oxygen atoms in total. The van der Waals surface area contributed by atoms with Crippen molar-refractivity contribution in [2.45, 2.75) is 32.7 Å². The topological polar surface area (TPSA) is 42.2 Å². The monoisotopic (exact) mass is 216 g/mol. The molecule has 0 amide bonds. The van der Waals surface area contributed by atoms with Crippen molar-refractivity contribution < 1.29 is 0 Å². The molecule has 2 heterocycles. The van der Waals surface area contributed by atoms with Crippen LogP contribution >= 0.6 is 0 Å². The Morgan fingerprint density at radius 3 is 3.06 bits per heavy atom. The molecule has 4 heteroatoms. The minimum absolute atomic E-state index is 0.508. The molecule has 0 bridgehead atoms. The molecular formula is C12H16N4. The van der Waals surface area contributed by atoms with E-state index in [2.05, 4.69) is 28.4 Å². The van der Waals surface area contributed by atoms with E-state index in [4.69, 9.17) is 0 Å². The second-order valence-corrected chi connectivity index (χ2v) is 4.66. The van der Waals surface area contributed by atoms with Gasteiger partial charge in [-0.2, -0.15) is 5.10 Å². The van der Waals surface area contributed by atoms with Gasteiger partial charge in [-0.25, -0.2) is 9.50 Å². The standard InChI is InChI=1S/C12H16N4/c1-8-7-11-12(13-5-6-16(11)15-8)14-9(2)10-3-4-10/h5-7,9-10H,3-4H2,1-2H3,(H,13,14). The average Bonchev–Trinajstić information content (AvgIpc) is 3.01. The third-order valence-electron chi connectivity index (χ3n) is 3.21. The van der Waals surface area contributed by atoms with Gasteiger partial charge in [0.15, 0.2) is 5.82 Å². The van der Waals surface area contributed by atoms with Crippen molar-refractivity contribution >= 4 is 11.3 Å². The van der Waals surface area contributed by atoms with E-state index < -0.39 is 0 Å². The molecule has 1 aliphatic rings. The van der Waals surface area contributed by atoms with Crippen LogP contribution in [-0.2, 0) is 0 Å². The smallest absolute Gasteiger partial charge is 0.152 e. The van der Waals surface area contributed by atoms with Gasteiger partial charge in [0, 0.05) is 18.4 Å². The van der Waals surface area contributed by atoms with Crippen molar-refractivity contribution in [3.8, 4) is 0 Å². The molecule has 1 N–H and O–H groups in total. The van der Waals surface area contributed by atoms with Gasteiger partial charge in [0.1, 0.15) is 5.52 Å². The predicted molar refractivity (Wildman–Crippen MR) is 63.5 cm³/mol. The van der Waals surface area contributed by atoms with E-state index in [1.807, 2.05) is 17.6 Å². The molecule has 1 unspecified atom stereocenters. The van der Waals surface area contributed by atoms with Crippen molar-refractivity contribution in [3.05, 3.63) is 24.2 Å². The number of fused-ring (bicyclic) bond motifs is 1. The summed E-state index contributed by atoms with van der Waals surface area (Å²) in [6.07, 6.45) is 6.36. The Morgan fingerprint density at radius 2 is 2.31 bits per heavy atom. The van der Waals surface area contributed by atoms with Gasteiger partial charge in [0.2, 0.25) is 0 Å². The largest absolute Gasteiger partial charge is 0.366 e. The number of nitrogens with one attached hydrogen (secondary N) is 1. The summed E-state index contributed by atoms with van der Waals surface area (Å²) in [4.78, 5) is 4.40. The molecule has 0 spiro atoms. The first kappa shape index (κ1) is 9.63. The number of hydrogen-bond acceptors (Lipinski definition) is 3. The maximum absolute atomic E-state index is 4.40. The van der Waals surface area contributed by atoms with Crippen LogP contribution in [0.5, 0.6) is 0 Å². The summed E-state index contributed by atoms with van der Waals surface area (Å²) < 4.78 is 1.88. The third-order valence-corrected chi connectivity index (χ3v) is 3.21. The summed E-state index contributed by atoms with van der Waals surface area (Å²) >= 11 is 0. The minimum Gasteiger partial charge on any atom is -0.366 e. The summed E-state index contributed by atoms with van der Waals surface area (Å²) in [5, 5.41) is 7.87. The Balaban J connectivity index is 1.95. The Morgan fingerprint density at radius 1 is 1.50 bits per heavy atom. The molecule has 0 radical (unpaired) electrons. The first-order valence-electron chi connectivity index (χ1n) is 5.81. The number of anilines is 1. The third kappa shape index (κ3) is 1.64. The van der Waals surface area contributed by atoms with Crippen LogP contribution in [0, 0.1) is 12.8 Å². The van der Waals surface area contributed by atoms with Gasteiger partial charge in [-0.15, -0.1) is 0 Å². The molecule has 2 aromatic rings. The molecule has 1 aliphatic carbocycles. The van der Waals surface area contributed by atoms with Crippen molar-refractivity contribution in [1.29, 1.82) is 0 Å². The second-order valence-electron chi connectivity index (χ2n) is 4.66. The van der Waals surface area contributed by atoms with Crippen LogP contribution in [0.15, 0.2) is 18.5 Å². The number of aryl methyl sites for hydroxylation is 1. The van der Waals surface area contributed by atoms with E-state index in [0.717, 1.165) is 22.9 Å². The molecule has 2 aromatic heterocycles. The van der Waals surface area contributed by atoms with Crippen molar-refractivity contribution in [2.75, 3.05) is 5.32 Å². The summed E-state index contributed by atoms with van der Waals surface area (Å²) in [6.45, 7) is 4.23. The highest BCUT2D eigenvalue weighted by atomic mass is 15.2. The van der Waals surface area contributed by atoms with Gasteiger partial charge in [-0.05, 0) is 38.7 Å². The molecule has 84 valence electrons.